The van der Waals surface area contributed by atoms with Crippen molar-refractivity contribution in [2.45, 2.75) is 51.4 Å². The fraction of sp³-hybridized carbons (Fsp3) is 0.562. The van der Waals surface area contributed by atoms with Gasteiger partial charge >= 0.3 is 6.18 Å². The molecule has 0 radical (unpaired) electrons. The Morgan fingerprint density at radius 3 is 2.69 bits per heavy atom. The van der Waals surface area contributed by atoms with Crippen LogP contribution in [0.2, 0.25) is 5.02 Å². The van der Waals surface area contributed by atoms with Crippen LogP contribution in [0.4, 0.5) is 13.2 Å². The van der Waals surface area contributed by atoms with Crippen LogP contribution in [0.3, 0.4) is 0 Å². The molecule has 0 atom stereocenters. The Hall–Kier alpha value is -2.03. The molecule has 0 spiro atoms. The number of hydrogen-bond acceptors (Lipinski definition) is 3. The van der Waals surface area contributed by atoms with Gasteiger partial charge in [0.1, 0.15) is 6.54 Å². The molecule has 142 valence electrons. The van der Waals surface area contributed by atoms with E-state index in [9.17, 15) is 18.0 Å². The first kappa shape index (κ1) is 18.8. The summed E-state index contributed by atoms with van der Waals surface area (Å²) in [5.74, 6) is -0.294. The molecular weight excluding hydrogens is 371 g/mol. The van der Waals surface area contributed by atoms with Gasteiger partial charge in [-0.15, -0.1) is 0 Å². The smallest absolute Gasteiger partial charge is 0.354 e. The van der Waals surface area contributed by atoms with Gasteiger partial charge in [0.15, 0.2) is 5.69 Å². The van der Waals surface area contributed by atoms with Gasteiger partial charge in [-0.1, -0.05) is 11.6 Å². The molecule has 0 aliphatic heterocycles. The molecule has 10 heteroatoms. The number of rotatable bonds is 7. The standard InChI is InChI=1S/C16H19ClF3N5O/c1-10-12(17)8-24(22-10)6-2-5-21-15(26)9-25-13(11-3-4-11)7-14(23-25)16(18,19)20/h7-8,11H,2-6,9H2,1H3,(H,21,26). The third-order valence-corrected chi connectivity index (χ3v) is 4.53. The average Bonchev–Trinajstić information content (AvgIpc) is 3.22. The first-order chi connectivity index (χ1) is 12.2. The van der Waals surface area contributed by atoms with Gasteiger partial charge < -0.3 is 5.32 Å². The summed E-state index contributed by atoms with van der Waals surface area (Å²) in [4.78, 5) is 12.0. The van der Waals surface area contributed by atoms with E-state index in [-0.39, 0.29) is 18.4 Å². The number of nitrogens with zero attached hydrogens (tertiary/aromatic N) is 4. The van der Waals surface area contributed by atoms with E-state index in [2.05, 4.69) is 15.5 Å². The van der Waals surface area contributed by atoms with Crippen LogP contribution in [0.25, 0.3) is 0 Å². The van der Waals surface area contributed by atoms with E-state index in [0.717, 1.165) is 24.6 Å². The zero-order chi connectivity index (χ0) is 18.9. The average molecular weight is 390 g/mol. The highest BCUT2D eigenvalue weighted by Gasteiger charge is 2.38. The highest BCUT2D eigenvalue weighted by Crippen LogP contribution is 2.42. The summed E-state index contributed by atoms with van der Waals surface area (Å²) in [5, 5.41) is 11.1. The fourth-order valence-corrected chi connectivity index (χ4v) is 2.82. The van der Waals surface area contributed by atoms with Gasteiger partial charge in [-0.25, -0.2) is 0 Å². The van der Waals surface area contributed by atoms with Crippen LogP contribution in [0.15, 0.2) is 12.3 Å². The molecule has 1 amide bonds. The minimum atomic E-state index is -4.51. The van der Waals surface area contributed by atoms with Crippen molar-refractivity contribution in [2.24, 2.45) is 0 Å². The molecule has 1 aliphatic rings. The van der Waals surface area contributed by atoms with Gasteiger partial charge in [0.2, 0.25) is 5.91 Å². The van der Waals surface area contributed by atoms with Crippen molar-refractivity contribution < 1.29 is 18.0 Å². The zero-order valence-corrected chi connectivity index (χ0v) is 14.9. The highest BCUT2D eigenvalue weighted by atomic mass is 35.5. The lowest BCUT2D eigenvalue weighted by Gasteiger charge is -2.08. The second-order valence-corrected chi connectivity index (χ2v) is 6.82. The number of carbonyl (C=O) groups is 1. The van der Waals surface area contributed by atoms with Crippen LogP contribution in [-0.2, 0) is 24.1 Å². The molecule has 0 aromatic carbocycles. The summed E-state index contributed by atoms with van der Waals surface area (Å²) in [6, 6.07) is 1.05. The normalized spacial score (nSPS) is 14.7. The minimum absolute atomic E-state index is 0.0687. The SMILES string of the molecule is Cc1nn(CCCNC(=O)Cn2nc(C(F)(F)F)cc2C2CC2)cc1Cl. The number of nitrogens with one attached hydrogen (secondary N) is 1. The maximum absolute atomic E-state index is 12.8. The number of alkyl halides is 3. The third kappa shape index (κ3) is 4.57. The van der Waals surface area contributed by atoms with Crippen LogP contribution in [-0.4, -0.2) is 32.0 Å². The second kappa shape index (κ2) is 7.30. The number of amides is 1. The van der Waals surface area contributed by atoms with Gasteiger partial charge in [0.25, 0.3) is 0 Å². The molecule has 0 bridgehead atoms. The number of halogens is 4. The molecular formula is C16H19ClF3N5O. The number of hydrogen-bond donors (Lipinski definition) is 1. The van der Waals surface area contributed by atoms with E-state index in [4.69, 9.17) is 11.6 Å². The molecule has 2 heterocycles. The molecule has 0 unspecified atom stereocenters. The van der Waals surface area contributed by atoms with Crippen LogP contribution >= 0.6 is 11.6 Å². The van der Waals surface area contributed by atoms with Crippen molar-refractivity contribution in [1.29, 1.82) is 0 Å². The quantitative estimate of drug-likeness (QED) is 0.740. The van der Waals surface area contributed by atoms with Gasteiger partial charge in [-0.2, -0.15) is 23.4 Å². The van der Waals surface area contributed by atoms with Crippen molar-refractivity contribution >= 4 is 17.5 Å². The van der Waals surface area contributed by atoms with E-state index in [1.165, 1.54) is 4.68 Å². The number of carbonyl (C=O) groups excluding carboxylic acids is 1. The Morgan fingerprint density at radius 2 is 2.12 bits per heavy atom. The lowest BCUT2D eigenvalue weighted by atomic mass is 10.2. The fourth-order valence-electron chi connectivity index (χ4n) is 2.67. The van der Waals surface area contributed by atoms with E-state index >= 15 is 0 Å². The largest absolute Gasteiger partial charge is 0.435 e. The Morgan fingerprint density at radius 1 is 1.38 bits per heavy atom. The molecule has 1 saturated carbocycles. The molecule has 1 fully saturated rings. The summed E-state index contributed by atoms with van der Waals surface area (Å²) in [5.41, 5.74) is 0.273. The Kier molecular flexibility index (Phi) is 5.27. The van der Waals surface area contributed by atoms with Gasteiger partial charge in [-0.05, 0) is 32.3 Å². The predicted octanol–water partition coefficient (Wildman–Crippen LogP) is 3.14. The topological polar surface area (TPSA) is 64.7 Å². The first-order valence-electron chi connectivity index (χ1n) is 8.35. The molecule has 3 rings (SSSR count). The van der Waals surface area contributed by atoms with Crippen molar-refractivity contribution in [3.63, 3.8) is 0 Å². The molecule has 2 aromatic heterocycles. The molecule has 26 heavy (non-hydrogen) atoms. The van der Waals surface area contributed by atoms with Crippen LogP contribution in [0, 0.1) is 6.92 Å². The van der Waals surface area contributed by atoms with E-state index in [1.54, 1.807) is 17.8 Å². The summed E-state index contributed by atoms with van der Waals surface area (Å²) < 4.78 is 41.4. The molecule has 2 aromatic rings. The Bertz CT molecular complexity index is 775. The van der Waals surface area contributed by atoms with Crippen molar-refractivity contribution in [3.05, 3.63) is 34.4 Å². The van der Waals surface area contributed by atoms with E-state index in [1.807, 2.05) is 0 Å². The highest BCUT2D eigenvalue weighted by molar-refractivity contribution is 6.31. The maximum atomic E-state index is 12.8. The number of aromatic nitrogens is 4. The van der Waals surface area contributed by atoms with Crippen LogP contribution in [0.1, 0.15) is 42.3 Å². The first-order valence-corrected chi connectivity index (χ1v) is 8.73. The van der Waals surface area contributed by atoms with Gasteiger partial charge in [0, 0.05) is 30.9 Å². The summed E-state index contributed by atoms with van der Waals surface area (Å²) >= 11 is 5.92. The minimum Gasteiger partial charge on any atom is -0.354 e. The van der Waals surface area contributed by atoms with Crippen molar-refractivity contribution in [1.82, 2.24) is 24.9 Å². The van der Waals surface area contributed by atoms with E-state index in [0.29, 0.717) is 30.2 Å². The molecule has 1 aliphatic carbocycles. The van der Waals surface area contributed by atoms with Gasteiger partial charge in [0.05, 0.1) is 10.7 Å². The Labute approximate surface area is 153 Å². The van der Waals surface area contributed by atoms with Crippen molar-refractivity contribution in [3.8, 4) is 0 Å². The molecule has 0 saturated heterocycles. The summed E-state index contributed by atoms with van der Waals surface area (Å²) in [6.07, 6.45) is -0.504. The molecule has 6 nitrogen and oxygen atoms in total. The monoisotopic (exact) mass is 389 g/mol. The molecule has 1 N–H and O–H groups in total. The second-order valence-electron chi connectivity index (χ2n) is 6.41. The summed E-state index contributed by atoms with van der Waals surface area (Å²) in [6.45, 7) is 2.56. The third-order valence-electron chi connectivity index (χ3n) is 4.16. The zero-order valence-electron chi connectivity index (χ0n) is 14.2. The number of aryl methyl sites for hydroxylation is 2. The predicted molar refractivity (Wildman–Crippen MR) is 88.8 cm³/mol. The van der Waals surface area contributed by atoms with Gasteiger partial charge in [-0.3, -0.25) is 14.2 Å². The van der Waals surface area contributed by atoms with E-state index < -0.39 is 11.9 Å². The van der Waals surface area contributed by atoms with Crippen molar-refractivity contribution in [2.75, 3.05) is 6.54 Å². The van der Waals surface area contributed by atoms with Crippen LogP contribution < -0.4 is 5.32 Å². The lowest BCUT2D eigenvalue weighted by molar-refractivity contribution is -0.141. The maximum Gasteiger partial charge on any atom is 0.435 e. The Balaban J connectivity index is 1.51. The summed E-state index contributed by atoms with van der Waals surface area (Å²) in [7, 11) is 0. The lowest BCUT2D eigenvalue weighted by Crippen LogP contribution is -2.30. The van der Waals surface area contributed by atoms with Crippen LogP contribution in [0.5, 0.6) is 0 Å².